The lowest BCUT2D eigenvalue weighted by atomic mass is 10.1. The Bertz CT molecular complexity index is 565. The molecule has 1 heterocycles. The number of aryl methyl sites for hydroxylation is 2. The molecule has 0 unspecified atom stereocenters. The predicted molar refractivity (Wildman–Crippen MR) is 81.7 cm³/mol. The molecule has 20 heavy (non-hydrogen) atoms. The summed E-state index contributed by atoms with van der Waals surface area (Å²) in [6.07, 6.45) is 3.69. The van der Waals surface area contributed by atoms with Gasteiger partial charge in [0, 0.05) is 23.0 Å². The van der Waals surface area contributed by atoms with Gasteiger partial charge in [-0.1, -0.05) is 30.3 Å². The molecule has 3 nitrogen and oxygen atoms in total. The summed E-state index contributed by atoms with van der Waals surface area (Å²) in [5, 5.41) is 3.55. The summed E-state index contributed by atoms with van der Waals surface area (Å²) in [5.74, 6) is 0.833. The van der Waals surface area contributed by atoms with Crippen LogP contribution in [-0.4, -0.2) is 22.6 Å². The standard InChI is InChI=1S/C17H21N3/c1-12-16(10-11-18-15-8-9-15)13(2)20-17(19-12)14-6-4-3-5-7-14/h3-7,15,18H,8-11H2,1-2H3. The summed E-state index contributed by atoms with van der Waals surface area (Å²) in [6, 6.07) is 10.9. The second-order valence-electron chi connectivity index (χ2n) is 5.54. The number of nitrogens with one attached hydrogen (secondary N) is 1. The van der Waals surface area contributed by atoms with E-state index in [1.165, 1.54) is 18.4 Å². The Morgan fingerprint density at radius 3 is 2.30 bits per heavy atom. The minimum atomic E-state index is 0.764. The second kappa shape index (κ2) is 5.71. The van der Waals surface area contributed by atoms with Gasteiger partial charge in [0.05, 0.1) is 0 Å². The molecule has 0 spiro atoms. The van der Waals surface area contributed by atoms with Crippen LogP contribution in [0.3, 0.4) is 0 Å². The fourth-order valence-electron chi connectivity index (χ4n) is 2.51. The first-order valence-electron chi connectivity index (χ1n) is 7.37. The van der Waals surface area contributed by atoms with Crippen molar-refractivity contribution in [1.82, 2.24) is 15.3 Å². The van der Waals surface area contributed by atoms with Crippen LogP contribution in [0, 0.1) is 13.8 Å². The maximum Gasteiger partial charge on any atom is 0.159 e. The summed E-state index contributed by atoms with van der Waals surface area (Å²) in [7, 11) is 0. The molecule has 0 radical (unpaired) electrons. The lowest BCUT2D eigenvalue weighted by Crippen LogP contribution is -2.20. The summed E-state index contributed by atoms with van der Waals surface area (Å²) in [4.78, 5) is 9.36. The first kappa shape index (κ1) is 13.3. The van der Waals surface area contributed by atoms with Gasteiger partial charge in [-0.2, -0.15) is 0 Å². The molecule has 104 valence electrons. The summed E-state index contributed by atoms with van der Waals surface area (Å²) in [6.45, 7) is 5.21. The fourth-order valence-corrected chi connectivity index (χ4v) is 2.51. The molecule has 2 aromatic rings. The third-order valence-electron chi connectivity index (χ3n) is 3.84. The molecule has 0 bridgehead atoms. The van der Waals surface area contributed by atoms with Crippen LogP contribution in [0.5, 0.6) is 0 Å². The SMILES string of the molecule is Cc1nc(-c2ccccc2)nc(C)c1CCNC1CC1. The highest BCUT2D eigenvalue weighted by molar-refractivity contribution is 5.55. The van der Waals surface area contributed by atoms with Gasteiger partial charge in [-0.3, -0.25) is 0 Å². The highest BCUT2D eigenvalue weighted by atomic mass is 14.9. The van der Waals surface area contributed by atoms with E-state index in [1.54, 1.807) is 0 Å². The van der Waals surface area contributed by atoms with Crippen molar-refractivity contribution in [2.24, 2.45) is 0 Å². The van der Waals surface area contributed by atoms with Gasteiger partial charge in [0.15, 0.2) is 5.82 Å². The average Bonchev–Trinajstić information content (AvgIpc) is 3.27. The van der Waals surface area contributed by atoms with Crippen molar-refractivity contribution in [1.29, 1.82) is 0 Å². The molecule has 0 amide bonds. The largest absolute Gasteiger partial charge is 0.314 e. The van der Waals surface area contributed by atoms with Gasteiger partial charge in [0.1, 0.15) is 0 Å². The van der Waals surface area contributed by atoms with Crippen LogP contribution in [-0.2, 0) is 6.42 Å². The normalized spacial score (nSPS) is 14.5. The number of hydrogen-bond donors (Lipinski definition) is 1. The van der Waals surface area contributed by atoms with Crippen LogP contribution in [0.1, 0.15) is 29.8 Å². The molecule has 1 N–H and O–H groups in total. The molecule has 1 fully saturated rings. The number of aromatic nitrogens is 2. The van der Waals surface area contributed by atoms with Crippen molar-refractivity contribution >= 4 is 0 Å². The van der Waals surface area contributed by atoms with Crippen molar-refractivity contribution in [3.05, 3.63) is 47.3 Å². The summed E-state index contributed by atoms with van der Waals surface area (Å²) < 4.78 is 0. The zero-order valence-electron chi connectivity index (χ0n) is 12.2. The molecule has 3 rings (SSSR count). The van der Waals surface area contributed by atoms with Gasteiger partial charge < -0.3 is 5.32 Å². The van der Waals surface area contributed by atoms with E-state index in [9.17, 15) is 0 Å². The van der Waals surface area contributed by atoms with Crippen LogP contribution >= 0.6 is 0 Å². The highest BCUT2D eigenvalue weighted by Gasteiger charge is 2.20. The third-order valence-corrected chi connectivity index (χ3v) is 3.84. The van der Waals surface area contributed by atoms with Crippen molar-refractivity contribution < 1.29 is 0 Å². The summed E-state index contributed by atoms with van der Waals surface area (Å²) in [5.41, 5.74) is 4.59. The lowest BCUT2D eigenvalue weighted by Gasteiger charge is -2.11. The van der Waals surface area contributed by atoms with E-state index in [-0.39, 0.29) is 0 Å². The molecular weight excluding hydrogens is 246 g/mol. The number of hydrogen-bond acceptors (Lipinski definition) is 3. The molecule has 1 saturated carbocycles. The van der Waals surface area contributed by atoms with E-state index in [1.807, 2.05) is 18.2 Å². The topological polar surface area (TPSA) is 37.8 Å². The molecule has 3 heteroatoms. The molecule has 0 saturated heterocycles. The van der Waals surface area contributed by atoms with E-state index in [2.05, 4.69) is 41.3 Å². The van der Waals surface area contributed by atoms with E-state index in [0.29, 0.717) is 0 Å². The van der Waals surface area contributed by atoms with E-state index < -0.39 is 0 Å². The number of rotatable bonds is 5. The number of benzene rings is 1. The zero-order valence-corrected chi connectivity index (χ0v) is 12.2. The van der Waals surface area contributed by atoms with E-state index >= 15 is 0 Å². The second-order valence-corrected chi connectivity index (χ2v) is 5.54. The van der Waals surface area contributed by atoms with Crippen molar-refractivity contribution in [2.75, 3.05) is 6.54 Å². The maximum atomic E-state index is 4.68. The maximum absolute atomic E-state index is 4.68. The minimum absolute atomic E-state index is 0.764. The predicted octanol–water partition coefficient (Wildman–Crippen LogP) is 3.05. The Kier molecular flexibility index (Phi) is 3.79. The van der Waals surface area contributed by atoms with Crippen LogP contribution in [0.4, 0.5) is 0 Å². The number of nitrogens with zero attached hydrogens (tertiary/aromatic N) is 2. The Hall–Kier alpha value is -1.74. The zero-order chi connectivity index (χ0) is 13.9. The van der Waals surface area contributed by atoms with Gasteiger partial charge in [0.25, 0.3) is 0 Å². The van der Waals surface area contributed by atoms with Gasteiger partial charge in [0.2, 0.25) is 0 Å². The average molecular weight is 267 g/mol. The summed E-state index contributed by atoms with van der Waals surface area (Å²) >= 11 is 0. The highest BCUT2D eigenvalue weighted by Crippen LogP contribution is 2.20. The van der Waals surface area contributed by atoms with Crippen LogP contribution in [0.2, 0.25) is 0 Å². The van der Waals surface area contributed by atoms with Gasteiger partial charge >= 0.3 is 0 Å². The molecule has 1 aliphatic rings. The van der Waals surface area contributed by atoms with Crippen molar-refractivity contribution in [3.63, 3.8) is 0 Å². The Labute approximate surface area is 120 Å². The van der Waals surface area contributed by atoms with Gasteiger partial charge in [-0.05, 0) is 45.2 Å². The Morgan fingerprint density at radius 1 is 1.05 bits per heavy atom. The fraction of sp³-hybridized carbons (Fsp3) is 0.412. The monoisotopic (exact) mass is 267 g/mol. The van der Waals surface area contributed by atoms with Gasteiger partial charge in [-0.15, -0.1) is 0 Å². The molecule has 1 aliphatic carbocycles. The van der Waals surface area contributed by atoms with Crippen molar-refractivity contribution in [2.45, 2.75) is 39.2 Å². The molecule has 0 aliphatic heterocycles. The van der Waals surface area contributed by atoms with Crippen molar-refractivity contribution in [3.8, 4) is 11.4 Å². The Balaban J connectivity index is 1.78. The molecule has 1 aromatic carbocycles. The molecule has 0 atom stereocenters. The first-order chi connectivity index (χ1) is 9.74. The molecular formula is C17H21N3. The lowest BCUT2D eigenvalue weighted by molar-refractivity contribution is 0.675. The van der Waals surface area contributed by atoms with Crippen LogP contribution < -0.4 is 5.32 Å². The third kappa shape index (κ3) is 3.05. The minimum Gasteiger partial charge on any atom is -0.314 e. The quantitative estimate of drug-likeness (QED) is 0.904. The molecule has 1 aromatic heterocycles. The van der Waals surface area contributed by atoms with E-state index in [0.717, 1.165) is 41.8 Å². The Morgan fingerprint density at radius 2 is 1.70 bits per heavy atom. The smallest absolute Gasteiger partial charge is 0.159 e. The first-order valence-corrected chi connectivity index (χ1v) is 7.37. The van der Waals surface area contributed by atoms with Crippen LogP contribution in [0.15, 0.2) is 30.3 Å². The van der Waals surface area contributed by atoms with E-state index in [4.69, 9.17) is 0 Å². The van der Waals surface area contributed by atoms with Crippen LogP contribution in [0.25, 0.3) is 11.4 Å². The van der Waals surface area contributed by atoms with Gasteiger partial charge in [-0.25, -0.2) is 9.97 Å².